The van der Waals surface area contributed by atoms with Gasteiger partial charge in [0, 0.05) is 6.42 Å². The van der Waals surface area contributed by atoms with Crippen molar-refractivity contribution in [2.75, 3.05) is 0 Å². The number of benzene rings is 1. The number of halogens is 1. The Morgan fingerprint density at radius 3 is 2.92 bits per heavy atom. The second-order valence-corrected chi connectivity index (χ2v) is 8.57. The molecule has 4 rings (SSSR count). The summed E-state index contributed by atoms with van der Waals surface area (Å²) in [4.78, 5) is 0. The van der Waals surface area contributed by atoms with Crippen LogP contribution in [0.5, 0.6) is 5.75 Å². The van der Waals surface area contributed by atoms with Crippen molar-refractivity contribution in [1.82, 2.24) is 0 Å². The molecule has 0 amide bonds. The minimum atomic E-state index is -0.410. The Bertz CT molecular complexity index is 670. The molecule has 3 heteroatoms. The Morgan fingerprint density at radius 1 is 1.38 bits per heavy atom. The summed E-state index contributed by atoms with van der Waals surface area (Å²) >= 11 is 0. The molecule has 0 bridgehead atoms. The molecule has 2 saturated carbocycles. The van der Waals surface area contributed by atoms with Crippen molar-refractivity contribution in [2.24, 2.45) is 23.2 Å². The lowest BCUT2D eigenvalue weighted by atomic mass is 9.54. The molecule has 0 spiro atoms. The first-order valence-corrected chi connectivity index (χ1v) is 9.22. The van der Waals surface area contributed by atoms with Gasteiger partial charge < -0.3 is 10.2 Å². The van der Waals surface area contributed by atoms with Gasteiger partial charge in [-0.1, -0.05) is 19.6 Å². The molecule has 3 aliphatic carbocycles. The van der Waals surface area contributed by atoms with E-state index in [-0.39, 0.29) is 17.2 Å². The maximum absolute atomic E-state index is 13.6. The first-order valence-electron chi connectivity index (χ1n) is 9.22. The summed E-state index contributed by atoms with van der Waals surface area (Å²) in [6, 6.07) is 5.78. The van der Waals surface area contributed by atoms with Crippen LogP contribution in [0.2, 0.25) is 0 Å². The molecule has 2 nitrogen and oxygen atoms in total. The van der Waals surface area contributed by atoms with Gasteiger partial charge in [0.15, 0.2) is 0 Å². The molecule has 3 aliphatic rings. The van der Waals surface area contributed by atoms with E-state index < -0.39 is 6.10 Å². The highest BCUT2D eigenvalue weighted by Crippen LogP contribution is 2.63. The van der Waals surface area contributed by atoms with E-state index in [1.54, 1.807) is 6.07 Å². The van der Waals surface area contributed by atoms with E-state index in [9.17, 15) is 14.6 Å². The number of allylic oxidation sites excluding steroid dienone is 1. The van der Waals surface area contributed by atoms with Crippen LogP contribution in [0, 0.1) is 23.2 Å². The Kier molecular flexibility index (Phi) is 3.76. The summed E-state index contributed by atoms with van der Waals surface area (Å²) < 4.78 is 13.6. The molecule has 0 unspecified atom stereocenters. The van der Waals surface area contributed by atoms with Gasteiger partial charge in [0.25, 0.3) is 0 Å². The van der Waals surface area contributed by atoms with Gasteiger partial charge in [0.05, 0.1) is 11.9 Å². The molecule has 0 saturated heterocycles. The van der Waals surface area contributed by atoms with Crippen molar-refractivity contribution in [3.05, 3.63) is 41.7 Å². The third kappa shape index (κ3) is 2.40. The van der Waals surface area contributed by atoms with E-state index in [4.69, 9.17) is 0 Å². The first-order chi connectivity index (χ1) is 11.4. The molecule has 24 heavy (non-hydrogen) atoms. The third-order valence-electron chi connectivity index (χ3n) is 7.17. The number of aromatic hydroxyl groups is 1. The number of hydrogen-bond acceptors (Lipinski definition) is 2. The van der Waals surface area contributed by atoms with Crippen molar-refractivity contribution in [3.63, 3.8) is 0 Å². The smallest absolute Gasteiger partial charge is 0.115 e. The zero-order chi connectivity index (χ0) is 17.1. The highest BCUT2D eigenvalue weighted by atomic mass is 19.1. The highest BCUT2D eigenvalue weighted by molar-refractivity contribution is 5.40. The summed E-state index contributed by atoms with van der Waals surface area (Å²) in [5.41, 5.74) is 2.75. The molecule has 0 heterocycles. The van der Waals surface area contributed by atoms with Crippen molar-refractivity contribution >= 4 is 0 Å². The predicted octanol–water partition coefficient (Wildman–Crippen LogP) is 4.71. The monoisotopic (exact) mass is 330 g/mol. The molecular weight excluding hydrogens is 303 g/mol. The molecule has 130 valence electrons. The van der Waals surface area contributed by atoms with Gasteiger partial charge in [-0.25, -0.2) is 4.39 Å². The largest absolute Gasteiger partial charge is 0.508 e. The molecule has 0 aromatic heterocycles. The molecule has 0 aliphatic heterocycles. The number of aliphatic hydroxyl groups is 1. The third-order valence-corrected chi connectivity index (χ3v) is 7.17. The summed E-state index contributed by atoms with van der Waals surface area (Å²) in [7, 11) is 0. The maximum Gasteiger partial charge on any atom is 0.115 e. The zero-order valence-corrected chi connectivity index (χ0v) is 14.3. The second kappa shape index (κ2) is 5.59. The van der Waals surface area contributed by atoms with Crippen LogP contribution >= 0.6 is 0 Å². The lowest BCUT2D eigenvalue weighted by molar-refractivity contribution is 0.0278. The first kappa shape index (κ1) is 16.1. The summed E-state index contributed by atoms with van der Waals surface area (Å²) in [6.45, 7) is 5.75. The summed E-state index contributed by atoms with van der Waals surface area (Å²) in [5.74, 6) is 1.39. The van der Waals surface area contributed by atoms with Gasteiger partial charge in [-0.15, -0.1) is 0 Å². The molecule has 6 atom stereocenters. The average Bonchev–Trinajstić information content (AvgIpc) is 2.76. The fraction of sp³-hybridized carbons (Fsp3) is 0.619. The number of phenolic OH excluding ortho intramolecular Hbond substituents is 1. The number of fused-ring (bicyclic) bond motifs is 5. The van der Waals surface area contributed by atoms with E-state index in [1.165, 1.54) is 11.1 Å². The van der Waals surface area contributed by atoms with E-state index in [2.05, 4.69) is 19.6 Å². The second-order valence-electron chi connectivity index (χ2n) is 8.57. The minimum Gasteiger partial charge on any atom is -0.508 e. The van der Waals surface area contributed by atoms with Crippen LogP contribution in [0.3, 0.4) is 0 Å². The number of aliphatic hydroxyl groups excluding tert-OH is 1. The molecule has 2 fully saturated rings. The van der Waals surface area contributed by atoms with Crippen LogP contribution in [0.25, 0.3) is 0 Å². The van der Waals surface area contributed by atoms with E-state index in [0.717, 1.165) is 32.1 Å². The van der Waals surface area contributed by atoms with Crippen molar-refractivity contribution in [3.8, 4) is 5.75 Å². The van der Waals surface area contributed by atoms with Crippen LogP contribution in [0.1, 0.15) is 56.1 Å². The number of phenols is 1. The normalized spacial score (nSPS) is 40.5. The van der Waals surface area contributed by atoms with Crippen LogP contribution in [0.15, 0.2) is 30.6 Å². The van der Waals surface area contributed by atoms with Crippen molar-refractivity contribution in [1.29, 1.82) is 0 Å². The van der Waals surface area contributed by atoms with E-state index >= 15 is 0 Å². The predicted molar refractivity (Wildman–Crippen MR) is 92.5 cm³/mol. The Balaban J connectivity index is 1.71. The summed E-state index contributed by atoms with van der Waals surface area (Å²) in [6.07, 6.45) is 4.94. The Hall–Kier alpha value is -1.35. The standard InChI is InChI=1S/C21H27FO2/c1-12(22)9-18-19(24)11-21(2)8-7-16-15-6-4-14(23)10-13(15)3-5-17(16)20(18)21/h4,6,10,16-20,23-24H,1,3,5,7-9,11H2,2H3/t16-,17-,18+,19-,20-,21-/m1/s1. The number of aryl methyl sites for hydroxylation is 1. The zero-order valence-electron chi connectivity index (χ0n) is 14.3. The number of hydrogen-bond donors (Lipinski definition) is 2. The van der Waals surface area contributed by atoms with Gasteiger partial charge >= 0.3 is 0 Å². The van der Waals surface area contributed by atoms with Crippen LogP contribution in [0.4, 0.5) is 4.39 Å². The average molecular weight is 330 g/mol. The maximum atomic E-state index is 13.6. The van der Waals surface area contributed by atoms with Gasteiger partial charge in [-0.2, -0.15) is 0 Å². The molecular formula is C21H27FO2. The quantitative estimate of drug-likeness (QED) is 0.824. The van der Waals surface area contributed by atoms with Crippen LogP contribution in [-0.2, 0) is 6.42 Å². The lowest BCUT2D eigenvalue weighted by Gasteiger charge is -2.50. The van der Waals surface area contributed by atoms with Gasteiger partial charge in [0.2, 0.25) is 0 Å². The Labute approximate surface area is 143 Å². The summed E-state index contributed by atoms with van der Waals surface area (Å²) in [5, 5.41) is 20.4. The minimum absolute atomic E-state index is 0.000958. The molecule has 1 aromatic carbocycles. The lowest BCUT2D eigenvalue weighted by Crippen LogP contribution is -2.42. The molecule has 1 aromatic rings. The molecule has 0 radical (unpaired) electrons. The van der Waals surface area contributed by atoms with Gasteiger partial charge in [-0.05, 0) is 84.5 Å². The van der Waals surface area contributed by atoms with Crippen LogP contribution in [-0.4, -0.2) is 16.3 Å². The topological polar surface area (TPSA) is 40.5 Å². The number of rotatable bonds is 2. The van der Waals surface area contributed by atoms with Crippen LogP contribution < -0.4 is 0 Å². The highest BCUT2D eigenvalue weighted by Gasteiger charge is 2.57. The fourth-order valence-electron chi connectivity index (χ4n) is 6.35. The van der Waals surface area contributed by atoms with E-state index in [1.807, 2.05) is 6.07 Å². The van der Waals surface area contributed by atoms with Gasteiger partial charge in [-0.3, -0.25) is 0 Å². The van der Waals surface area contributed by atoms with Gasteiger partial charge in [0.1, 0.15) is 5.75 Å². The Morgan fingerprint density at radius 2 is 2.17 bits per heavy atom. The molecule has 2 N–H and O–H groups in total. The fourth-order valence-corrected chi connectivity index (χ4v) is 6.35. The van der Waals surface area contributed by atoms with Crippen molar-refractivity contribution < 1.29 is 14.6 Å². The SMILES string of the molecule is C=C(F)C[C@@H]1[C@H]2[C@@H]3CCc4cc(O)ccc4[C@H]3CC[C@]2(C)C[C@H]1O. The van der Waals surface area contributed by atoms with Crippen molar-refractivity contribution in [2.45, 2.75) is 57.5 Å². The van der Waals surface area contributed by atoms with E-state index in [0.29, 0.717) is 29.9 Å².